The number of ether oxygens (including phenoxy) is 1. The first-order valence-corrected chi connectivity index (χ1v) is 9.78. The Morgan fingerprint density at radius 1 is 1.12 bits per heavy atom. The summed E-state index contributed by atoms with van der Waals surface area (Å²) < 4.78 is 34.6. The number of rotatable bonds is 3. The third-order valence-corrected chi connectivity index (χ3v) is 5.32. The Balaban J connectivity index is 2.09. The van der Waals surface area contributed by atoms with Crippen LogP contribution >= 0.6 is 0 Å². The van der Waals surface area contributed by atoms with Gasteiger partial charge in [0.1, 0.15) is 5.60 Å². The fraction of sp³-hybridized carbons (Fsp3) is 0.588. The van der Waals surface area contributed by atoms with E-state index >= 15 is 0 Å². The minimum absolute atomic E-state index is 0.214. The minimum atomic E-state index is -3.68. The van der Waals surface area contributed by atoms with Crippen LogP contribution in [0.25, 0.3) is 0 Å². The Morgan fingerprint density at radius 2 is 1.64 bits per heavy atom. The van der Waals surface area contributed by atoms with Crippen LogP contribution in [0.5, 0.6) is 0 Å². The van der Waals surface area contributed by atoms with Crippen LogP contribution in [-0.2, 0) is 14.9 Å². The van der Waals surface area contributed by atoms with Crippen LogP contribution in [0, 0.1) is 0 Å². The molecular weight excluding hydrogens is 342 g/mol. The van der Waals surface area contributed by atoms with Crippen molar-refractivity contribution in [1.29, 1.82) is 0 Å². The van der Waals surface area contributed by atoms with E-state index in [0.29, 0.717) is 5.69 Å². The molecule has 1 N–H and O–H groups in total. The highest BCUT2D eigenvalue weighted by molar-refractivity contribution is 7.90. The van der Waals surface area contributed by atoms with Gasteiger partial charge in [0.2, 0.25) is 0 Å². The number of nitrogens with zero attached hydrogens (tertiary/aromatic N) is 2. The molecule has 2 atom stereocenters. The normalized spacial score (nSPS) is 22.5. The average Bonchev–Trinajstić information content (AvgIpc) is 2.45. The molecule has 0 bridgehead atoms. The first-order valence-electron chi connectivity index (χ1n) is 8.34. The third-order valence-electron chi connectivity index (χ3n) is 3.85. The van der Waals surface area contributed by atoms with Crippen LogP contribution < -0.4 is 4.72 Å². The Morgan fingerprint density at radius 3 is 2.12 bits per heavy atom. The lowest BCUT2D eigenvalue weighted by atomic mass is 10.1. The Kier molecular flexibility index (Phi) is 5.63. The standard InChI is InChI=1S/C17H27N3O4S/c1-13-11-19(25(22,23)18-15-9-7-6-8-10-15)12-14(2)20(13)16(21)24-17(3,4)5/h6-10,13-14,18H,11-12H2,1-5H3/t13-,14+. The maximum atomic E-state index is 12.6. The van der Waals surface area contributed by atoms with Gasteiger partial charge in [0.15, 0.2) is 0 Å². The molecule has 7 nitrogen and oxygen atoms in total. The van der Waals surface area contributed by atoms with Crippen molar-refractivity contribution in [3.8, 4) is 0 Å². The predicted octanol–water partition coefficient (Wildman–Crippen LogP) is 2.67. The summed E-state index contributed by atoms with van der Waals surface area (Å²) >= 11 is 0. The fourth-order valence-electron chi connectivity index (χ4n) is 2.86. The maximum absolute atomic E-state index is 12.6. The van der Waals surface area contributed by atoms with Gasteiger partial charge in [-0.25, -0.2) is 4.79 Å². The summed E-state index contributed by atoms with van der Waals surface area (Å²) in [5.41, 5.74) is -0.0772. The average molecular weight is 369 g/mol. The van der Waals surface area contributed by atoms with Gasteiger partial charge in [-0.05, 0) is 46.8 Å². The van der Waals surface area contributed by atoms with E-state index in [1.807, 2.05) is 40.7 Å². The minimum Gasteiger partial charge on any atom is -0.444 e. The summed E-state index contributed by atoms with van der Waals surface area (Å²) in [6, 6.07) is 8.18. The number of para-hydroxylation sites is 1. The van der Waals surface area contributed by atoms with E-state index in [9.17, 15) is 13.2 Å². The SMILES string of the molecule is C[C@@H]1CN(S(=O)(=O)Nc2ccccc2)C[C@H](C)N1C(=O)OC(C)(C)C. The van der Waals surface area contributed by atoms with E-state index < -0.39 is 21.9 Å². The van der Waals surface area contributed by atoms with Gasteiger partial charge in [-0.15, -0.1) is 0 Å². The number of anilines is 1. The molecule has 2 rings (SSSR count). The molecule has 1 aliphatic heterocycles. The predicted molar refractivity (Wildman–Crippen MR) is 97.6 cm³/mol. The second-order valence-corrected chi connectivity index (χ2v) is 9.05. The molecule has 8 heteroatoms. The molecule has 1 saturated heterocycles. The molecule has 0 saturated carbocycles. The summed E-state index contributed by atoms with van der Waals surface area (Å²) in [4.78, 5) is 14.0. The van der Waals surface area contributed by atoms with Gasteiger partial charge in [-0.3, -0.25) is 4.72 Å². The van der Waals surface area contributed by atoms with E-state index in [0.717, 1.165) is 0 Å². The second kappa shape index (κ2) is 7.21. The molecule has 1 aromatic carbocycles. The van der Waals surface area contributed by atoms with Crippen molar-refractivity contribution >= 4 is 22.0 Å². The molecule has 1 amide bonds. The molecule has 0 unspecified atom stereocenters. The van der Waals surface area contributed by atoms with E-state index in [2.05, 4.69) is 4.72 Å². The number of hydrogen-bond donors (Lipinski definition) is 1. The summed E-state index contributed by atoms with van der Waals surface area (Å²) in [6.45, 7) is 9.51. The molecule has 0 radical (unpaired) electrons. The fourth-order valence-corrected chi connectivity index (χ4v) is 4.25. The largest absolute Gasteiger partial charge is 0.444 e. The number of amides is 1. The van der Waals surface area contributed by atoms with Gasteiger partial charge < -0.3 is 9.64 Å². The van der Waals surface area contributed by atoms with Crippen molar-refractivity contribution in [1.82, 2.24) is 9.21 Å². The highest BCUT2D eigenvalue weighted by Crippen LogP contribution is 2.22. The Hall–Kier alpha value is -1.80. The second-order valence-electron chi connectivity index (χ2n) is 7.38. The molecule has 1 heterocycles. The Labute approximate surface area is 150 Å². The Bertz CT molecular complexity index is 688. The third kappa shape index (κ3) is 5.09. The lowest BCUT2D eigenvalue weighted by Gasteiger charge is -2.43. The van der Waals surface area contributed by atoms with Crippen molar-refractivity contribution < 1.29 is 17.9 Å². The summed E-state index contributed by atoms with van der Waals surface area (Å²) in [5.74, 6) is 0. The highest BCUT2D eigenvalue weighted by atomic mass is 32.2. The maximum Gasteiger partial charge on any atom is 0.410 e. The summed E-state index contributed by atoms with van der Waals surface area (Å²) in [7, 11) is -3.68. The van der Waals surface area contributed by atoms with Gasteiger partial charge in [0.05, 0.1) is 0 Å². The first-order chi connectivity index (χ1) is 11.5. The number of nitrogens with one attached hydrogen (secondary N) is 1. The number of hydrogen-bond acceptors (Lipinski definition) is 4. The van der Waals surface area contributed by atoms with Crippen LogP contribution in [0.3, 0.4) is 0 Å². The summed E-state index contributed by atoms with van der Waals surface area (Å²) in [5, 5.41) is 0. The van der Waals surface area contributed by atoms with Gasteiger partial charge in [-0.1, -0.05) is 18.2 Å². The van der Waals surface area contributed by atoms with E-state index in [-0.39, 0.29) is 25.2 Å². The smallest absolute Gasteiger partial charge is 0.410 e. The summed E-state index contributed by atoms with van der Waals surface area (Å²) in [6.07, 6.45) is -0.416. The highest BCUT2D eigenvalue weighted by Gasteiger charge is 2.39. The van der Waals surface area contributed by atoms with Crippen molar-refractivity contribution in [3.05, 3.63) is 30.3 Å². The van der Waals surface area contributed by atoms with Crippen LogP contribution in [-0.4, -0.2) is 54.5 Å². The monoisotopic (exact) mass is 369 g/mol. The van der Waals surface area contributed by atoms with Crippen molar-refractivity contribution in [2.24, 2.45) is 0 Å². The molecule has 0 aromatic heterocycles. The zero-order chi connectivity index (χ0) is 18.8. The molecule has 0 aliphatic carbocycles. The van der Waals surface area contributed by atoms with Crippen LogP contribution in [0.4, 0.5) is 10.5 Å². The molecule has 1 aliphatic rings. The van der Waals surface area contributed by atoms with E-state index in [1.54, 1.807) is 29.2 Å². The lowest BCUT2D eigenvalue weighted by Crippen LogP contribution is -2.61. The van der Waals surface area contributed by atoms with Crippen LogP contribution in [0.2, 0.25) is 0 Å². The van der Waals surface area contributed by atoms with Gasteiger partial charge in [0.25, 0.3) is 0 Å². The quantitative estimate of drug-likeness (QED) is 0.888. The van der Waals surface area contributed by atoms with E-state index in [1.165, 1.54) is 4.31 Å². The number of carbonyl (C=O) groups is 1. The molecular formula is C17H27N3O4S. The van der Waals surface area contributed by atoms with Crippen molar-refractivity contribution in [2.45, 2.75) is 52.3 Å². The molecule has 1 fully saturated rings. The number of benzene rings is 1. The topological polar surface area (TPSA) is 79.0 Å². The van der Waals surface area contributed by atoms with Gasteiger partial charge in [-0.2, -0.15) is 12.7 Å². The van der Waals surface area contributed by atoms with Crippen LogP contribution in [0.15, 0.2) is 30.3 Å². The van der Waals surface area contributed by atoms with E-state index in [4.69, 9.17) is 4.74 Å². The first kappa shape index (κ1) is 19.5. The molecule has 1 aromatic rings. The lowest BCUT2D eigenvalue weighted by molar-refractivity contribution is -0.00492. The van der Waals surface area contributed by atoms with Gasteiger partial charge >= 0.3 is 16.3 Å². The van der Waals surface area contributed by atoms with Crippen molar-refractivity contribution in [3.63, 3.8) is 0 Å². The number of carbonyl (C=O) groups excluding carboxylic acids is 1. The van der Waals surface area contributed by atoms with Crippen molar-refractivity contribution in [2.75, 3.05) is 17.8 Å². The molecule has 25 heavy (non-hydrogen) atoms. The van der Waals surface area contributed by atoms with Gasteiger partial charge in [0, 0.05) is 30.9 Å². The van der Waals surface area contributed by atoms with Crippen LogP contribution in [0.1, 0.15) is 34.6 Å². The zero-order valence-electron chi connectivity index (χ0n) is 15.4. The zero-order valence-corrected chi connectivity index (χ0v) is 16.2. The number of piperazine rings is 1. The molecule has 140 valence electrons. The molecule has 0 spiro atoms.